The van der Waals surface area contributed by atoms with E-state index < -0.39 is 0 Å². The molecular formula is C16H23NO2. The molecule has 0 aromatic heterocycles. The van der Waals surface area contributed by atoms with Gasteiger partial charge in [-0.25, -0.2) is 0 Å². The minimum Gasteiger partial charge on any atom is -0.496 e. The largest absolute Gasteiger partial charge is 0.496 e. The summed E-state index contributed by atoms with van der Waals surface area (Å²) in [4.78, 5) is 14.9. The van der Waals surface area contributed by atoms with E-state index in [2.05, 4.69) is 4.90 Å². The zero-order chi connectivity index (χ0) is 13.8. The Labute approximate surface area is 115 Å². The van der Waals surface area contributed by atoms with Crippen LogP contribution in [0.3, 0.4) is 0 Å². The Bertz CT molecular complexity index is 450. The molecule has 1 saturated heterocycles. The number of ketones is 1. The maximum Gasteiger partial charge on any atom is 0.170 e. The number of ether oxygens (including phenoxy) is 1. The minimum absolute atomic E-state index is 0.0220. The Hall–Kier alpha value is -1.35. The number of carbonyl (C=O) groups excluding carboxylic acids is 1. The van der Waals surface area contributed by atoms with Crippen LogP contribution in [0.5, 0.6) is 5.75 Å². The number of nitrogens with zero attached hydrogens (tertiary/aromatic N) is 1. The van der Waals surface area contributed by atoms with Gasteiger partial charge in [-0.2, -0.15) is 0 Å². The molecule has 3 heteroatoms. The molecule has 0 N–H and O–H groups in total. The van der Waals surface area contributed by atoms with E-state index in [1.165, 1.54) is 12.8 Å². The summed E-state index contributed by atoms with van der Waals surface area (Å²) in [5, 5.41) is 0. The molecule has 1 fully saturated rings. The summed E-state index contributed by atoms with van der Waals surface area (Å²) in [7, 11) is 1.63. The lowest BCUT2D eigenvalue weighted by molar-refractivity contribution is 0.0899. The molecule has 0 saturated carbocycles. The summed E-state index contributed by atoms with van der Waals surface area (Å²) in [6.45, 7) is 7.10. The van der Waals surface area contributed by atoms with Gasteiger partial charge in [0.25, 0.3) is 0 Å². The predicted octanol–water partition coefficient (Wildman–Crippen LogP) is 2.92. The lowest BCUT2D eigenvalue weighted by Crippen LogP contribution is -2.29. The highest BCUT2D eigenvalue weighted by atomic mass is 16.5. The second kappa shape index (κ2) is 6.20. The average Bonchev–Trinajstić information content (AvgIpc) is 2.90. The number of aryl methyl sites for hydroxylation is 1. The van der Waals surface area contributed by atoms with E-state index in [-0.39, 0.29) is 11.7 Å². The summed E-state index contributed by atoms with van der Waals surface area (Å²) in [5.41, 5.74) is 1.73. The van der Waals surface area contributed by atoms with Gasteiger partial charge in [-0.15, -0.1) is 0 Å². The van der Waals surface area contributed by atoms with Gasteiger partial charge in [0.15, 0.2) is 5.78 Å². The fraction of sp³-hybridized carbons (Fsp3) is 0.562. The number of para-hydroxylation sites is 1. The van der Waals surface area contributed by atoms with Crippen molar-refractivity contribution in [2.75, 3.05) is 26.7 Å². The second-order valence-corrected chi connectivity index (χ2v) is 5.43. The SMILES string of the molecule is COc1c(C)cccc1C(=O)C(C)CN1CCCC1. The van der Waals surface area contributed by atoms with Crippen molar-refractivity contribution in [1.29, 1.82) is 0 Å². The molecule has 3 nitrogen and oxygen atoms in total. The van der Waals surface area contributed by atoms with Gasteiger partial charge >= 0.3 is 0 Å². The van der Waals surface area contributed by atoms with Crippen LogP contribution < -0.4 is 4.74 Å². The number of Topliss-reactive ketones (excluding diaryl/α,β-unsaturated/α-hetero) is 1. The molecule has 19 heavy (non-hydrogen) atoms. The normalized spacial score (nSPS) is 17.4. The average molecular weight is 261 g/mol. The molecule has 0 amide bonds. The van der Waals surface area contributed by atoms with E-state index in [9.17, 15) is 4.79 Å². The highest BCUT2D eigenvalue weighted by Gasteiger charge is 2.23. The molecular weight excluding hydrogens is 238 g/mol. The summed E-state index contributed by atoms with van der Waals surface area (Å²) in [6.07, 6.45) is 2.52. The third-order valence-electron chi connectivity index (χ3n) is 3.86. The van der Waals surface area contributed by atoms with Gasteiger partial charge in [0.2, 0.25) is 0 Å². The van der Waals surface area contributed by atoms with Crippen LogP contribution in [0.1, 0.15) is 35.7 Å². The van der Waals surface area contributed by atoms with Crippen molar-refractivity contribution in [2.24, 2.45) is 5.92 Å². The lowest BCUT2D eigenvalue weighted by atomic mass is 9.96. The van der Waals surface area contributed by atoms with Crippen molar-refractivity contribution in [3.05, 3.63) is 29.3 Å². The fourth-order valence-corrected chi connectivity index (χ4v) is 2.82. The van der Waals surface area contributed by atoms with Crippen molar-refractivity contribution in [1.82, 2.24) is 4.90 Å². The van der Waals surface area contributed by atoms with Gasteiger partial charge in [-0.05, 0) is 44.5 Å². The van der Waals surface area contributed by atoms with Crippen LogP contribution in [0.2, 0.25) is 0 Å². The lowest BCUT2D eigenvalue weighted by Gasteiger charge is -2.20. The Morgan fingerprint density at radius 3 is 2.68 bits per heavy atom. The monoisotopic (exact) mass is 261 g/mol. The predicted molar refractivity (Wildman–Crippen MR) is 76.9 cm³/mol. The van der Waals surface area contributed by atoms with Crippen LogP contribution in [-0.4, -0.2) is 37.4 Å². The van der Waals surface area contributed by atoms with Crippen LogP contribution in [0.15, 0.2) is 18.2 Å². The highest BCUT2D eigenvalue weighted by molar-refractivity contribution is 6.00. The molecule has 1 unspecified atom stereocenters. The van der Waals surface area contributed by atoms with Crippen LogP contribution in [0, 0.1) is 12.8 Å². The van der Waals surface area contributed by atoms with E-state index in [1.54, 1.807) is 7.11 Å². The minimum atomic E-state index is 0.0220. The van der Waals surface area contributed by atoms with E-state index in [0.717, 1.165) is 30.9 Å². The van der Waals surface area contributed by atoms with E-state index in [4.69, 9.17) is 4.74 Å². The number of hydrogen-bond donors (Lipinski definition) is 0. The molecule has 2 rings (SSSR count). The number of rotatable bonds is 5. The van der Waals surface area contributed by atoms with Crippen LogP contribution in [0.25, 0.3) is 0 Å². The zero-order valence-electron chi connectivity index (χ0n) is 12.1. The standard InChI is InChI=1S/C16H23NO2/c1-12-7-6-8-14(16(12)19-3)15(18)13(2)11-17-9-4-5-10-17/h6-8,13H,4-5,9-11H2,1-3H3. The number of likely N-dealkylation sites (tertiary alicyclic amines) is 1. The van der Waals surface area contributed by atoms with E-state index in [1.807, 2.05) is 32.0 Å². The summed E-state index contributed by atoms with van der Waals surface area (Å²) in [6, 6.07) is 5.77. The molecule has 1 aromatic rings. The molecule has 104 valence electrons. The quantitative estimate of drug-likeness (QED) is 0.763. The molecule has 0 radical (unpaired) electrons. The topological polar surface area (TPSA) is 29.5 Å². The number of methoxy groups -OCH3 is 1. The first kappa shape index (κ1) is 14.1. The number of carbonyl (C=O) groups is 1. The van der Waals surface area contributed by atoms with Gasteiger partial charge in [-0.3, -0.25) is 4.79 Å². The van der Waals surface area contributed by atoms with Gasteiger partial charge in [-0.1, -0.05) is 19.1 Å². The Morgan fingerprint density at radius 2 is 2.05 bits per heavy atom. The molecule has 1 aliphatic heterocycles. The van der Waals surface area contributed by atoms with Crippen LogP contribution in [-0.2, 0) is 0 Å². The summed E-state index contributed by atoms with van der Waals surface area (Å²) in [5.74, 6) is 0.932. The number of hydrogen-bond acceptors (Lipinski definition) is 3. The van der Waals surface area contributed by atoms with Gasteiger partial charge in [0.1, 0.15) is 5.75 Å². The first-order chi connectivity index (χ1) is 9.13. The highest BCUT2D eigenvalue weighted by Crippen LogP contribution is 2.26. The molecule has 0 aliphatic carbocycles. The van der Waals surface area contributed by atoms with Gasteiger partial charge < -0.3 is 9.64 Å². The molecule has 0 spiro atoms. The third-order valence-corrected chi connectivity index (χ3v) is 3.86. The fourth-order valence-electron chi connectivity index (χ4n) is 2.82. The van der Waals surface area contributed by atoms with Gasteiger partial charge in [0, 0.05) is 12.5 Å². The first-order valence-electron chi connectivity index (χ1n) is 7.03. The Kier molecular flexibility index (Phi) is 4.59. The van der Waals surface area contributed by atoms with Crippen molar-refractivity contribution < 1.29 is 9.53 Å². The molecule has 0 bridgehead atoms. The molecule has 1 heterocycles. The van der Waals surface area contributed by atoms with Crippen molar-refractivity contribution in [2.45, 2.75) is 26.7 Å². The number of benzene rings is 1. The first-order valence-corrected chi connectivity index (χ1v) is 7.03. The van der Waals surface area contributed by atoms with E-state index in [0.29, 0.717) is 5.56 Å². The molecule has 1 atom stereocenters. The van der Waals surface area contributed by atoms with Gasteiger partial charge in [0.05, 0.1) is 12.7 Å². The second-order valence-electron chi connectivity index (χ2n) is 5.43. The smallest absolute Gasteiger partial charge is 0.170 e. The zero-order valence-corrected chi connectivity index (χ0v) is 12.1. The maximum absolute atomic E-state index is 12.6. The van der Waals surface area contributed by atoms with Crippen molar-refractivity contribution in [3.8, 4) is 5.75 Å². The Morgan fingerprint density at radius 1 is 1.37 bits per heavy atom. The maximum atomic E-state index is 12.6. The Balaban J connectivity index is 2.12. The van der Waals surface area contributed by atoms with Crippen molar-refractivity contribution in [3.63, 3.8) is 0 Å². The van der Waals surface area contributed by atoms with Crippen molar-refractivity contribution >= 4 is 5.78 Å². The van der Waals surface area contributed by atoms with Crippen LogP contribution in [0.4, 0.5) is 0 Å². The van der Waals surface area contributed by atoms with Crippen LogP contribution >= 0.6 is 0 Å². The molecule has 1 aliphatic rings. The summed E-state index contributed by atoms with van der Waals surface area (Å²) < 4.78 is 5.38. The summed E-state index contributed by atoms with van der Waals surface area (Å²) >= 11 is 0. The third kappa shape index (κ3) is 3.16. The molecule has 1 aromatic carbocycles. The van der Waals surface area contributed by atoms with E-state index >= 15 is 0 Å².